The molecule has 2 atom stereocenters. The van der Waals surface area contributed by atoms with Crippen LogP contribution in [-0.4, -0.2) is 32.7 Å². The molecule has 6 nitrogen and oxygen atoms in total. The Labute approximate surface area is 155 Å². The fraction of sp³-hybridized carbons (Fsp3) is 0.632. The minimum atomic E-state index is -3.17. The smallest absolute Gasteiger partial charge is 0.235 e. The highest BCUT2D eigenvalue weighted by molar-refractivity contribution is 7.93. The van der Waals surface area contributed by atoms with Gasteiger partial charge in [0.25, 0.3) is 0 Å². The number of amides is 1. The molecule has 3 aliphatic rings. The highest BCUT2D eigenvalue weighted by Gasteiger charge is 2.40. The molecule has 7 heteroatoms. The zero-order chi connectivity index (χ0) is 18.3. The lowest BCUT2D eigenvalue weighted by Crippen LogP contribution is -2.48. The van der Waals surface area contributed by atoms with Gasteiger partial charge >= 0.3 is 0 Å². The van der Waals surface area contributed by atoms with Crippen LogP contribution in [0.1, 0.15) is 38.5 Å². The number of anilines is 2. The number of rotatable bonds is 3. The van der Waals surface area contributed by atoms with Crippen molar-refractivity contribution in [3.63, 3.8) is 0 Å². The van der Waals surface area contributed by atoms with Crippen molar-refractivity contribution in [1.29, 1.82) is 0 Å². The SMILES string of the molecule is NC1C2CCCC1CC(C(=O)Nc1ccc(N3CCCS3(=O)=O)cc1)C2. The first-order valence-electron chi connectivity index (χ1n) is 9.61. The van der Waals surface area contributed by atoms with E-state index < -0.39 is 10.0 Å². The average molecular weight is 378 g/mol. The molecule has 2 bridgehead atoms. The molecule has 1 amide bonds. The van der Waals surface area contributed by atoms with Crippen LogP contribution in [0.5, 0.6) is 0 Å². The predicted molar refractivity (Wildman–Crippen MR) is 102 cm³/mol. The number of nitrogens with two attached hydrogens (primary N) is 1. The second kappa shape index (κ2) is 6.85. The van der Waals surface area contributed by atoms with Gasteiger partial charge in [0.1, 0.15) is 0 Å². The van der Waals surface area contributed by atoms with Crippen LogP contribution in [0.3, 0.4) is 0 Å². The molecule has 1 aromatic rings. The maximum Gasteiger partial charge on any atom is 0.235 e. The third-order valence-corrected chi connectivity index (χ3v) is 8.18. The van der Waals surface area contributed by atoms with Gasteiger partial charge in [0.15, 0.2) is 0 Å². The number of fused-ring (bicyclic) bond motifs is 2. The summed E-state index contributed by atoms with van der Waals surface area (Å²) in [7, 11) is -3.17. The zero-order valence-electron chi connectivity index (χ0n) is 14.9. The summed E-state index contributed by atoms with van der Waals surface area (Å²) in [5.74, 6) is 1.25. The lowest BCUT2D eigenvalue weighted by molar-refractivity contribution is -0.122. The van der Waals surface area contributed by atoms with Crippen LogP contribution < -0.4 is 15.4 Å². The largest absolute Gasteiger partial charge is 0.327 e. The van der Waals surface area contributed by atoms with Crippen LogP contribution in [0.4, 0.5) is 11.4 Å². The summed E-state index contributed by atoms with van der Waals surface area (Å²) < 4.78 is 25.4. The second-order valence-electron chi connectivity index (χ2n) is 7.97. The van der Waals surface area contributed by atoms with Crippen LogP contribution in [0.15, 0.2) is 24.3 Å². The standard InChI is InChI=1S/C19H27N3O3S/c20-18-13-3-1-4-14(18)12-15(11-13)19(23)21-16-5-7-17(8-6-16)22-9-2-10-26(22,24)25/h5-8,13-15,18H,1-4,9-12,20H2,(H,21,23). The molecule has 1 saturated heterocycles. The summed E-state index contributed by atoms with van der Waals surface area (Å²) in [5, 5.41) is 3.01. The third-order valence-electron chi connectivity index (χ3n) is 6.31. The first-order valence-corrected chi connectivity index (χ1v) is 11.2. The number of nitrogens with one attached hydrogen (secondary N) is 1. The lowest BCUT2D eigenvalue weighted by atomic mass is 9.65. The van der Waals surface area contributed by atoms with E-state index in [4.69, 9.17) is 5.73 Å². The topological polar surface area (TPSA) is 92.5 Å². The van der Waals surface area contributed by atoms with Crippen LogP contribution in [0.25, 0.3) is 0 Å². The summed E-state index contributed by atoms with van der Waals surface area (Å²) in [5.41, 5.74) is 7.70. The molecule has 2 saturated carbocycles. The van der Waals surface area contributed by atoms with Crippen molar-refractivity contribution in [2.45, 2.75) is 44.6 Å². The lowest BCUT2D eigenvalue weighted by Gasteiger charge is -2.43. The Kier molecular flexibility index (Phi) is 4.69. The minimum absolute atomic E-state index is 0.0312. The number of carbonyl (C=O) groups is 1. The molecule has 0 radical (unpaired) electrons. The van der Waals surface area contributed by atoms with Crippen LogP contribution >= 0.6 is 0 Å². The highest BCUT2D eigenvalue weighted by atomic mass is 32.2. The number of benzene rings is 1. The van der Waals surface area contributed by atoms with E-state index in [9.17, 15) is 13.2 Å². The van der Waals surface area contributed by atoms with E-state index in [0.29, 0.717) is 30.5 Å². The van der Waals surface area contributed by atoms with Crippen LogP contribution in [0, 0.1) is 17.8 Å². The molecule has 1 heterocycles. The van der Waals surface area contributed by atoms with Crippen molar-refractivity contribution in [3.05, 3.63) is 24.3 Å². The van der Waals surface area contributed by atoms with Crippen LogP contribution in [0.2, 0.25) is 0 Å². The van der Waals surface area contributed by atoms with Gasteiger partial charge in [0, 0.05) is 24.2 Å². The molecule has 2 unspecified atom stereocenters. The van der Waals surface area contributed by atoms with E-state index in [0.717, 1.165) is 31.4 Å². The summed E-state index contributed by atoms with van der Waals surface area (Å²) >= 11 is 0. The molecule has 142 valence electrons. The molecule has 1 aromatic carbocycles. The van der Waals surface area contributed by atoms with Gasteiger partial charge in [-0.25, -0.2) is 8.42 Å². The van der Waals surface area contributed by atoms with E-state index in [2.05, 4.69) is 5.32 Å². The summed E-state index contributed by atoms with van der Waals surface area (Å²) in [4.78, 5) is 12.7. The average Bonchev–Trinajstić information content (AvgIpc) is 2.94. The van der Waals surface area contributed by atoms with Gasteiger partial charge in [-0.15, -0.1) is 0 Å². The predicted octanol–water partition coefficient (Wildman–Crippen LogP) is 2.32. The summed E-state index contributed by atoms with van der Waals surface area (Å²) in [6, 6.07) is 7.37. The molecule has 0 spiro atoms. The van der Waals surface area contributed by atoms with Gasteiger partial charge in [-0.05, 0) is 68.2 Å². The Morgan fingerprint density at radius 1 is 1.08 bits per heavy atom. The fourth-order valence-electron chi connectivity index (χ4n) is 4.89. The Hall–Kier alpha value is -1.60. The van der Waals surface area contributed by atoms with Crippen molar-refractivity contribution in [2.75, 3.05) is 21.9 Å². The maximum atomic E-state index is 12.7. The first kappa shape index (κ1) is 17.8. The van der Waals surface area contributed by atoms with Crippen molar-refractivity contribution < 1.29 is 13.2 Å². The van der Waals surface area contributed by atoms with E-state index in [1.807, 2.05) is 0 Å². The van der Waals surface area contributed by atoms with E-state index in [1.54, 1.807) is 24.3 Å². The molecule has 2 aliphatic carbocycles. The van der Waals surface area contributed by atoms with Crippen LogP contribution in [-0.2, 0) is 14.8 Å². The molecule has 26 heavy (non-hydrogen) atoms. The van der Waals surface area contributed by atoms with Gasteiger partial charge in [-0.1, -0.05) is 6.42 Å². The monoisotopic (exact) mass is 377 g/mol. The molecule has 3 fully saturated rings. The quantitative estimate of drug-likeness (QED) is 0.845. The number of carbonyl (C=O) groups excluding carboxylic acids is 1. The number of hydrogen-bond acceptors (Lipinski definition) is 4. The van der Waals surface area contributed by atoms with Gasteiger partial charge in [-0.2, -0.15) is 0 Å². The first-order chi connectivity index (χ1) is 12.4. The Bertz CT molecular complexity index is 764. The Morgan fingerprint density at radius 2 is 1.73 bits per heavy atom. The fourth-order valence-corrected chi connectivity index (χ4v) is 6.45. The molecule has 4 rings (SSSR count). The molecule has 0 aromatic heterocycles. The van der Waals surface area contributed by atoms with E-state index in [-0.39, 0.29) is 23.6 Å². The normalized spacial score (nSPS) is 33.0. The van der Waals surface area contributed by atoms with Gasteiger partial charge in [0.2, 0.25) is 15.9 Å². The van der Waals surface area contributed by atoms with Crippen molar-refractivity contribution in [2.24, 2.45) is 23.5 Å². The Morgan fingerprint density at radius 3 is 2.31 bits per heavy atom. The van der Waals surface area contributed by atoms with Crippen molar-refractivity contribution in [1.82, 2.24) is 0 Å². The van der Waals surface area contributed by atoms with E-state index >= 15 is 0 Å². The van der Waals surface area contributed by atoms with Gasteiger partial charge < -0.3 is 11.1 Å². The molecular formula is C19H27N3O3S. The summed E-state index contributed by atoms with van der Waals surface area (Å²) in [6.07, 6.45) is 5.94. The number of nitrogens with zero attached hydrogens (tertiary/aromatic N) is 1. The number of sulfonamides is 1. The molecule has 1 aliphatic heterocycles. The van der Waals surface area contributed by atoms with Crippen molar-refractivity contribution >= 4 is 27.3 Å². The zero-order valence-corrected chi connectivity index (χ0v) is 15.7. The van der Waals surface area contributed by atoms with Gasteiger partial charge in [0.05, 0.1) is 11.4 Å². The second-order valence-corrected chi connectivity index (χ2v) is 9.99. The number of hydrogen-bond donors (Lipinski definition) is 2. The molecule has 3 N–H and O–H groups in total. The molecular weight excluding hydrogens is 350 g/mol. The maximum absolute atomic E-state index is 12.7. The minimum Gasteiger partial charge on any atom is -0.327 e. The third kappa shape index (κ3) is 3.34. The van der Waals surface area contributed by atoms with Crippen molar-refractivity contribution in [3.8, 4) is 0 Å². The van der Waals surface area contributed by atoms with Gasteiger partial charge in [-0.3, -0.25) is 9.10 Å². The highest BCUT2D eigenvalue weighted by Crippen LogP contribution is 2.42. The van der Waals surface area contributed by atoms with E-state index in [1.165, 1.54) is 10.7 Å². The summed E-state index contributed by atoms with van der Waals surface area (Å²) in [6.45, 7) is 0.527. The Balaban J connectivity index is 1.41.